The Labute approximate surface area is 137 Å². The van der Waals surface area contributed by atoms with Crippen LogP contribution in [0.4, 0.5) is 8.78 Å². The van der Waals surface area contributed by atoms with E-state index in [0.717, 1.165) is 18.0 Å². The number of ether oxygens (including phenoxy) is 1. The normalized spacial score (nSPS) is 18.4. The standard InChI is InChI=1S/C13H16F2N2O3S.ClH/c14-10-2-1-9(3-11(10)15)20-5-8(18)4-16-13(19)12-6-21-7-17-12;/h1-3,8,12,17-18H,4-7H2,(H,16,19);1H. The van der Waals surface area contributed by atoms with Crippen molar-refractivity contribution in [2.75, 3.05) is 24.8 Å². The highest BCUT2D eigenvalue weighted by molar-refractivity contribution is 7.99. The van der Waals surface area contributed by atoms with E-state index < -0.39 is 17.7 Å². The van der Waals surface area contributed by atoms with E-state index in [-0.39, 0.29) is 43.3 Å². The van der Waals surface area contributed by atoms with Gasteiger partial charge in [-0.1, -0.05) is 0 Å². The van der Waals surface area contributed by atoms with Gasteiger partial charge < -0.3 is 15.2 Å². The largest absolute Gasteiger partial charge is 0.491 e. The molecule has 1 heterocycles. The zero-order valence-corrected chi connectivity index (χ0v) is 13.2. The Balaban J connectivity index is 0.00000242. The summed E-state index contributed by atoms with van der Waals surface area (Å²) in [7, 11) is 0. The molecule has 0 bridgehead atoms. The second-order valence-electron chi connectivity index (χ2n) is 4.56. The van der Waals surface area contributed by atoms with E-state index in [2.05, 4.69) is 10.6 Å². The number of nitrogens with one attached hydrogen (secondary N) is 2. The summed E-state index contributed by atoms with van der Waals surface area (Å²) in [5, 5.41) is 15.3. The monoisotopic (exact) mass is 354 g/mol. The van der Waals surface area contributed by atoms with Crippen molar-refractivity contribution < 1.29 is 23.4 Å². The fraction of sp³-hybridized carbons (Fsp3) is 0.462. The van der Waals surface area contributed by atoms with E-state index in [1.807, 2.05) is 0 Å². The molecular formula is C13H17ClF2N2O3S. The van der Waals surface area contributed by atoms with E-state index >= 15 is 0 Å². The molecule has 9 heteroatoms. The van der Waals surface area contributed by atoms with Crippen LogP contribution in [0.3, 0.4) is 0 Å². The summed E-state index contributed by atoms with van der Waals surface area (Å²) in [5.74, 6) is -0.593. The molecule has 0 aliphatic carbocycles. The van der Waals surface area contributed by atoms with E-state index in [4.69, 9.17) is 4.74 Å². The summed E-state index contributed by atoms with van der Waals surface area (Å²) < 4.78 is 30.8. The van der Waals surface area contributed by atoms with Crippen LogP contribution in [0.5, 0.6) is 5.75 Å². The first-order valence-electron chi connectivity index (χ1n) is 6.41. The highest BCUT2D eigenvalue weighted by Gasteiger charge is 2.22. The second kappa shape index (κ2) is 9.14. The summed E-state index contributed by atoms with van der Waals surface area (Å²) in [6, 6.07) is 2.88. The third-order valence-electron chi connectivity index (χ3n) is 2.88. The first-order valence-corrected chi connectivity index (χ1v) is 7.56. The minimum atomic E-state index is -1.01. The summed E-state index contributed by atoms with van der Waals surface area (Å²) in [4.78, 5) is 11.7. The molecule has 2 rings (SSSR count). The molecular weight excluding hydrogens is 338 g/mol. The zero-order chi connectivity index (χ0) is 15.2. The van der Waals surface area contributed by atoms with Crippen molar-refractivity contribution in [1.29, 1.82) is 0 Å². The topological polar surface area (TPSA) is 70.6 Å². The van der Waals surface area contributed by atoms with Gasteiger partial charge in [-0.2, -0.15) is 0 Å². The van der Waals surface area contributed by atoms with Crippen molar-refractivity contribution in [2.45, 2.75) is 12.1 Å². The van der Waals surface area contributed by atoms with Gasteiger partial charge in [0, 0.05) is 24.2 Å². The molecule has 1 amide bonds. The van der Waals surface area contributed by atoms with Gasteiger partial charge in [0.15, 0.2) is 11.6 Å². The van der Waals surface area contributed by atoms with E-state index in [1.54, 1.807) is 11.8 Å². The summed E-state index contributed by atoms with van der Waals surface area (Å²) in [5.41, 5.74) is 0. The lowest BCUT2D eigenvalue weighted by Gasteiger charge is -2.15. The summed E-state index contributed by atoms with van der Waals surface area (Å²) >= 11 is 1.63. The predicted molar refractivity (Wildman–Crippen MR) is 82.4 cm³/mol. The van der Waals surface area contributed by atoms with Gasteiger partial charge in [-0.05, 0) is 12.1 Å². The lowest BCUT2D eigenvalue weighted by Crippen LogP contribution is -2.45. The quantitative estimate of drug-likeness (QED) is 0.708. The molecule has 22 heavy (non-hydrogen) atoms. The molecule has 1 aliphatic rings. The molecule has 2 atom stereocenters. The smallest absolute Gasteiger partial charge is 0.238 e. The van der Waals surface area contributed by atoms with Crippen LogP contribution in [-0.4, -0.2) is 47.9 Å². The molecule has 1 fully saturated rings. The van der Waals surface area contributed by atoms with Crippen molar-refractivity contribution in [3.63, 3.8) is 0 Å². The van der Waals surface area contributed by atoms with Crippen molar-refractivity contribution in [2.24, 2.45) is 0 Å². The van der Waals surface area contributed by atoms with Gasteiger partial charge in [0.05, 0.1) is 6.04 Å². The van der Waals surface area contributed by atoms with Crippen molar-refractivity contribution in [1.82, 2.24) is 10.6 Å². The average molecular weight is 355 g/mol. The Bertz CT molecular complexity index is 504. The maximum absolute atomic E-state index is 12.9. The first-order chi connectivity index (χ1) is 10.1. The predicted octanol–water partition coefficient (Wildman–Crippen LogP) is 0.905. The fourth-order valence-corrected chi connectivity index (χ4v) is 2.67. The highest BCUT2D eigenvalue weighted by Crippen LogP contribution is 2.15. The van der Waals surface area contributed by atoms with Gasteiger partial charge in [-0.25, -0.2) is 8.78 Å². The molecule has 1 saturated heterocycles. The number of aliphatic hydroxyl groups excluding tert-OH is 1. The number of carbonyl (C=O) groups is 1. The number of carbonyl (C=O) groups excluding carboxylic acids is 1. The Morgan fingerprint density at radius 3 is 2.91 bits per heavy atom. The molecule has 0 aromatic heterocycles. The van der Waals surface area contributed by atoms with Gasteiger partial charge in [-0.15, -0.1) is 24.2 Å². The molecule has 2 unspecified atom stereocenters. The van der Waals surface area contributed by atoms with Crippen LogP contribution in [0.15, 0.2) is 18.2 Å². The number of halogens is 3. The number of hydrogen-bond acceptors (Lipinski definition) is 5. The molecule has 0 spiro atoms. The van der Waals surface area contributed by atoms with Crippen LogP contribution in [0.1, 0.15) is 0 Å². The maximum atomic E-state index is 12.9. The number of hydrogen-bond donors (Lipinski definition) is 3. The Kier molecular flexibility index (Phi) is 7.88. The van der Waals surface area contributed by atoms with E-state index in [1.165, 1.54) is 6.07 Å². The van der Waals surface area contributed by atoms with Crippen molar-refractivity contribution in [3.05, 3.63) is 29.8 Å². The molecule has 5 nitrogen and oxygen atoms in total. The van der Waals surface area contributed by atoms with Crippen LogP contribution >= 0.6 is 24.2 Å². The third kappa shape index (κ3) is 5.60. The van der Waals surface area contributed by atoms with Crippen LogP contribution < -0.4 is 15.4 Å². The maximum Gasteiger partial charge on any atom is 0.238 e. The highest BCUT2D eigenvalue weighted by atomic mass is 35.5. The van der Waals surface area contributed by atoms with E-state index in [0.29, 0.717) is 5.75 Å². The minimum Gasteiger partial charge on any atom is -0.491 e. The van der Waals surface area contributed by atoms with Gasteiger partial charge >= 0.3 is 0 Å². The lowest BCUT2D eigenvalue weighted by molar-refractivity contribution is -0.122. The minimum absolute atomic E-state index is 0. The molecule has 0 saturated carbocycles. The number of benzene rings is 1. The molecule has 0 radical (unpaired) electrons. The van der Waals surface area contributed by atoms with Gasteiger partial charge in [0.1, 0.15) is 18.5 Å². The van der Waals surface area contributed by atoms with E-state index in [9.17, 15) is 18.7 Å². The van der Waals surface area contributed by atoms with Crippen molar-refractivity contribution >= 4 is 30.1 Å². The molecule has 124 valence electrons. The molecule has 1 aromatic rings. The van der Waals surface area contributed by atoms with Crippen LogP contribution in [-0.2, 0) is 4.79 Å². The lowest BCUT2D eigenvalue weighted by atomic mass is 10.3. The second-order valence-corrected chi connectivity index (χ2v) is 5.59. The van der Waals surface area contributed by atoms with Crippen LogP contribution in [0.25, 0.3) is 0 Å². The number of amides is 1. The third-order valence-corrected chi connectivity index (χ3v) is 3.82. The molecule has 3 N–H and O–H groups in total. The SMILES string of the molecule is Cl.O=C(NCC(O)COc1ccc(F)c(F)c1)C1CSCN1. The Hall–Kier alpha value is -1.09. The number of aliphatic hydroxyl groups is 1. The van der Waals surface area contributed by atoms with Crippen LogP contribution in [0, 0.1) is 11.6 Å². The molecule has 1 aromatic carbocycles. The summed E-state index contributed by atoms with van der Waals surface area (Å²) in [6.45, 7) is -0.0937. The van der Waals surface area contributed by atoms with Gasteiger partial charge in [0.2, 0.25) is 5.91 Å². The number of thioether (sulfide) groups is 1. The summed E-state index contributed by atoms with van der Waals surface area (Å²) in [6.07, 6.45) is -0.934. The van der Waals surface area contributed by atoms with Crippen LogP contribution in [0.2, 0.25) is 0 Å². The molecule has 1 aliphatic heterocycles. The van der Waals surface area contributed by atoms with Gasteiger partial charge in [-0.3, -0.25) is 10.1 Å². The van der Waals surface area contributed by atoms with Crippen molar-refractivity contribution in [3.8, 4) is 5.75 Å². The Morgan fingerprint density at radius 1 is 1.50 bits per heavy atom. The zero-order valence-electron chi connectivity index (χ0n) is 11.6. The average Bonchev–Trinajstić information content (AvgIpc) is 3.00. The Morgan fingerprint density at radius 2 is 2.27 bits per heavy atom. The number of rotatable bonds is 6. The fourth-order valence-electron chi connectivity index (χ4n) is 1.72. The van der Waals surface area contributed by atoms with Gasteiger partial charge in [0.25, 0.3) is 0 Å². The first kappa shape index (κ1) is 19.0.